The first-order chi connectivity index (χ1) is 9.74. The number of likely N-dealkylation sites (tertiary alicyclic amines) is 1. The van der Waals surface area contributed by atoms with E-state index in [0.29, 0.717) is 12.1 Å². The Morgan fingerprint density at radius 2 is 2.05 bits per heavy atom. The smallest absolute Gasteiger partial charge is 0.207 e. The van der Waals surface area contributed by atoms with Crippen LogP contribution in [0, 0.1) is 0 Å². The van der Waals surface area contributed by atoms with Crippen LogP contribution in [0.1, 0.15) is 19.8 Å². The van der Waals surface area contributed by atoms with Crippen molar-refractivity contribution in [1.29, 1.82) is 0 Å². The minimum absolute atomic E-state index is 0.506. The number of benzene rings is 1. The molecule has 1 saturated heterocycles. The number of rotatable bonds is 3. The Morgan fingerprint density at radius 1 is 1.25 bits per heavy atom. The van der Waals surface area contributed by atoms with Crippen LogP contribution in [0.25, 0.3) is 5.69 Å². The van der Waals surface area contributed by atoms with Gasteiger partial charge in [0.05, 0.1) is 0 Å². The quantitative estimate of drug-likeness (QED) is 0.931. The van der Waals surface area contributed by atoms with E-state index in [1.54, 1.807) is 0 Å². The van der Waals surface area contributed by atoms with Crippen molar-refractivity contribution < 1.29 is 0 Å². The number of hydrogen-bond acceptors (Lipinski definition) is 3. The van der Waals surface area contributed by atoms with E-state index in [1.807, 2.05) is 18.5 Å². The van der Waals surface area contributed by atoms with Gasteiger partial charge in [-0.15, -0.1) is 0 Å². The molecule has 2 unspecified atom stereocenters. The number of para-hydroxylation sites is 1. The number of imidazole rings is 1. The van der Waals surface area contributed by atoms with Gasteiger partial charge in [0.1, 0.15) is 0 Å². The van der Waals surface area contributed by atoms with Gasteiger partial charge in [-0.25, -0.2) is 4.98 Å². The SMILES string of the molecule is CC1CC(Nc2nccn2-c2ccccc2)CCN1C. The van der Waals surface area contributed by atoms with Gasteiger partial charge in [-0.05, 0) is 38.9 Å². The highest BCUT2D eigenvalue weighted by atomic mass is 15.2. The Kier molecular flexibility index (Phi) is 3.74. The fraction of sp³-hybridized carbons (Fsp3) is 0.438. The average Bonchev–Trinajstić information content (AvgIpc) is 2.92. The van der Waals surface area contributed by atoms with Gasteiger partial charge in [-0.2, -0.15) is 0 Å². The number of aromatic nitrogens is 2. The van der Waals surface area contributed by atoms with Crippen LogP contribution in [-0.4, -0.2) is 40.1 Å². The predicted octanol–water partition coefficient (Wildman–Crippen LogP) is 2.77. The Bertz CT molecular complexity index is 549. The van der Waals surface area contributed by atoms with E-state index in [2.05, 4.69) is 58.0 Å². The zero-order chi connectivity index (χ0) is 13.9. The maximum Gasteiger partial charge on any atom is 0.207 e. The summed E-state index contributed by atoms with van der Waals surface area (Å²) in [5, 5.41) is 3.60. The molecule has 1 N–H and O–H groups in total. The van der Waals surface area contributed by atoms with Crippen LogP contribution in [0.15, 0.2) is 42.7 Å². The third-order valence-electron chi connectivity index (χ3n) is 4.22. The molecule has 1 aromatic carbocycles. The highest BCUT2D eigenvalue weighted by Gasteiger charge is 2.23. The molecule has 2 heterocycles. The van der Waals surface area contributed by atoms with Gasteiger partial charge in [0.15, 0.2) is 0 Å². The largest absolute Gasteiger partial charge is 0.353 e. The van der Waals surface area contributed by atoms with E-state index in [4.69, 9.17) is 0 Å². The van der Waals surface area contributed by atoms with Crippen LogP contribution in [0.4, 0.5) is 5.95 Å². The van der Waals surface area contributed by atoms with Crippen molar-refractivity contribution in [2.24, 2.45) is 0 Å². The molecule has 2 aromatic rings. The minimum Gasteiger partial charge on any atom is -0.353 e. The summed E-state index contributed by atoms with van der Waals surface area (Å²) in [6.45, 7) is 3.43. The van der Waals surface area contributed by atoms with Gasteiger partial charge in [0, 0.05) is 36.7 Å². The molecule has 0 bridgehead atoms. The van der Waals surface area contributed by atoms with Gasteiger partial charge in [0.25, 0.3) is 0 Å². The molecule has 1 aliphatic heterocycles. The van der Waals surface area contributed by atoms with Gasteiger partial charge in [-0.1, -0.05) is 18.2 Å². The molecule has 3 rings (SSSR count). The molecule has 106 valence electrons. The van der Waals surface area contributed by atoms with E-state index in [0.717, 1.165) is 24.6 Å². The van der Waals surface area contributed by atoms with Crippen LogP contribution in [0.2, 0.25) is 0 Å². The number of anilines is 1. The van der Waals surface area contributed by atoms with Crippen LogP contribution in [-0.2, 0) is 0 Å². The number of nitrogens with one attached hydrogen (secondary N) is 1. The molecule has 2 atom stereocenters. The number of hydrogen-bond donors (Lipinski definition) is 1. The lowest BCUT2D eigenvalue weighted by atomic mass is 9.99. The van der Waals surface area contributed by atoms with Crippen LogP contribution in [0.3, 0.4) is 0 Å². The van der Waals surface area contributed by atoms with Crippen molar-refractivity contribution in [3.63, 3.8) is 0 Å². The molecule has 0 radical (unpaired) electrons. The van der Waals surface area contributed by atoms with E-state index in [1.165, 1.54) is 6.42 Å². The first-order valence-corrected chi connectivity index (χ1v) is 7.29. The summed E-state index contributed by atoms with van der Waals surface area (Å²) in [6, 6.07) is 11.5. The Labute approximate surface area is 120 Å². The van der Waals surface area contributed by atoms with E-state index in [9.17, 15) is 0 Å². The molecule has 0 amide bonds. The highest BCUT2D eigenvalue weighted by Crippen LogP contribution is 2.21. The zero-order valence-corrected chi connectivity index (χ0v) is 12.2. The molecule has 1 aromatic heterocycles. The van der Waals surface area contributed by atoms with Crippen molar-refractivity contribution in [2.75, 3.05) is 18.9 Å². The molecule has 0 spiro atoms. The second-order valence-electron chi connectivity index (χ2n) is 5.65. The molecule has 0 saturated carbocycles. The fourth-order valence-electron chi connectivity index (χ4n) is 2.81. The fourth-order valence-corrected chi connectivity index (χ4v) is 2.81. The number of piperidine rings is 1. The molecule has 0 aliphatic carbocycles. The summed E-state index contributed by atoms with van der Waals surface area (Å²) < 4.78 is 2.11. The maximum absolute atomic E-state index is 4.47. The van der Waals surface area contributed by atoms with Gasteiger partial charge >= 0.3 is 0 Å². The van der Waals surface area contributed by atoms with E-state index >= 15 is 0 Å². The third kappa shape index (κ3) is 2.70. The lowest BCUT2D eigenvalue weighted by Crippen LogP contribution is -2.42. The van der Waals surface area contributed by atoms with Gasteiger partial charge in [0.2, 0.25) is 5.95 Å². The second-order valence-corrected chi connectivity index (χ2v) is 5.65. The molecule has 1 fully saturated rings. The summed E-state index contributed by atoms with van der Waals surface area (Å²) in [6.07, 6.45) is 6.20. The summed E-state index contributed by atoms with van der Waals surface area (Å²) in [4.78, 5) is 6.89. The predicted molar refractivity (Wildman–Crippen MR) is 82.3 cm³/mol. The van der Waals surface area contributed by atoms with Crippen LogP contribution < -0.4 is 5.32 Å². The van der Waals surface area contributed by atoms with Crippen molar-refractivity contribution in [1.82, 2.24) is 14.5 Å². The molecule has 1 aliphatic rings. The topological polar surface area (TPSA) is 33.1 Å². The van der Waals surface area contributed by atoms with Crippen LogP contribution in [0.5, 0.6) is 0 Å². The average molecular weight is 270 g/mol. The number of nitrogens with zero attached hydrogens (tertiary/aromatic N) is 3. The zero-order valence-electron chi connectivity index (χ0n) is 12.2. The standard InChI is InChI=1S/C16H22N4/c1-13-12-14(8-10-19(13)2)18-16-17-9-11-20(16)15-6-4-3-5-7-15/h3-7,9,11,13-14H,8,10,12H2,1-2H3,(H,17,18). The minimum atomic E-state index is 0.506. The lowest BCUT2D eigenvalue weighted by molar-refractivity contribution is 0.189. The molecule has 4 nitrogen and oxygen atoms in total. The first kappa shape index (κ1) is 13.2. The van der Waals surface area contributed by atoms with Crippen molar-refractivity contribution in [3.05, 3.63) is 42.7 Å². The summed E-state index contributed by atoms with van der Waals surface area (Å²) in [5.74, 6) is 0.943. The highest BCUT2D eigenvalue weighted by molar-refractivity contribution is 5.42. The lowest BCUT2D eigenvalue weighted by Gasteiger charge is -2.35. The Hall–Kier alpha value is -1.81. The van der Waals surface area contributed by atoms with Gasteiger partial charge in [-0.3, -0.25) is 4.57 Å². The Morgan fingerprint density at radius 3 is 2.80 bits per heavy atom. The summed E-state index contributed by atoms with van der Waals surface area (Å²) in [7, 11) is 2.20. The molecule has 20 heavy (non-hydrogen) atoms. The molecular formula is C16H22N4. The van der Waals surface area contributed by atoms with E-state index < -0.39 is 0 Å². The van der Waals surface area contributed by atoms with Crippen molar-refractivity contribution in [3.8, 4) is 5.69 Å². The Balaban J connectivity index is 1.75. The van der Waals surface area contributed by atoms with E-state index in [-0.39, 0.29) is 0 Å². The van der Waals surface area contributed by atoms with Crippen molar-refractivity contribution >= 4 is 5.95 Å². The summed E-state index contributed by atoms with van der Waals surface area (Å²) in [5.41, 5.74) is 1.15. The van der Waals surface area contributed by atoms with Crippen molar-refractivity contribution in [2.45, 2.75) is 31.8 Å². The first-order valence-electron chi connectivity index (χ1n) is 7.29. The molecular weight excluding hydrogens is 248 g/mol. The van der Waals surface area contributed by atoms with Gasteiger partial charge < -0.3 is 10.2 Å². The third-order valence-corrected chi connectivity index (χ3v) is 4.22. The van der Waals surface area contributed by atoms with Crippen LogP contribution >= 0.6 is 0 Å². The second kappa shape index (κ2) is 5.67. The normalized spacial score (nSPS) is 23.7. The monoisotopic (exact) mass is 270 g/mol. The summed E-state index contributed by atoms with van der Waals surface area (Å²) >= 11 is 0. The maximum atomic E-state index is 4.47. The molecule has 4 heteroatoms.